The number of hydrogen-bond acceptors (Lipinski definition) is 2. The minimum Gasteiger partial charge on any atom is -0.357 e. The zero-order valence-corrected chi connectivity index (χ0v) is 19.4. The molecule has 0 heterocycles. The molecule has 2 N–H and O–H groups in total. The quantitative estimate of drug-likeness (QED) is 0.274. The normalized spacial score (nSPS) is 12.6. The number of guanidine groups is 1. The van der Waals surface area contributed by atoms with Gasteiger partial charge in [-0.2, -0.15) is 0 Å². The third-order valence-electron chi connectivity index (χ3n) is 4.43. The van der Waals surface area contributed by atoms with Crippen molar-refractivity contribution in [3.8, 4) is 0 Å². The molecule has 1 aromatic rings. The topological polar surface area (TPSA) is 39.7 Å². The lowest BCUT2D eigenvalue weighted by molar-refractivity contribution is 0.292. The molecule has 1 aromatic carbocycles. The third-order valence-corrected chi connectivity index (χ3v) is 4.43. The monoisotopic (exact) mass is 496 g/mol. The van der Waals surface area contributed by atoms with Gasteiger partial charge >= 0.3 is 0 Å². The average molecular weight is 496 g/mol. The van der Waals surface area contributed by atoms with Crippen molar-refractivity contribution in [1.29, 1.82) is 0 Å². The first kappa shape index (κ1) is 26.0. The molecule has 1 rings (SSSR count). The minimum absolute atomic E-state index is 0. The first-order chi connectivity index (χ1) is 12.5. The van der Waals surface area contributed by atoms with E-state index in [1.54, 1.807) is 0 Å². The highest BCUT2D eigenvalue weighted by molar-refractivity contribution is 14.0. The van der Waals surface area contributed by atoms with E-state index in [0.717, 1.165) is 39.0 Å². The highest BCUT2D eigenvalue weighted by atomic mass is 127. The Labute approximate surface area is 180 Å². The molecule has 0 saturated carbocycles. The molecular weight excluding hydrogens is 461 g/mol. The van der Waals surface area contributed by atoms with Crippen LogP contribution in [0, 0.1) is 11.6 Å². The zero-order valence-electron chi connectivity index (χ0n) is 17.0. The van der Waals surface area contributed by atoms with Gasteiger partial charge in [-0.05, 0) is 64.9 Å². The molecule has 0 aliphatic heterocycles. The van der Waals surface area contributed by atoms with Crippen LogP contribution >= 0.6 is 24.0 Å². The van der Waals surface area contributed by atoms with Crippen LogP contribution in [-0.2, 0) is 6.42 Å². The van der Waals surface area contributed by atoms with Gasteiger partial charge in [0.05, 0.1) is 0 Å². The molecule has 0 aromatic heterocycles. The Morgan fingerprint density at radius 3 is 2.33 bits per heavy atom. The van der Waals surface area contributed by atoms with E-state index in [0.29, 0.717) is 12.5 Å². The number of benzene rings is 1. The molecule has 0 saturated heterocycles. The molecule has 0 spiro atoms. The molecular formula is C20H35F2IN4. The molecule has 7 heteroatoms. The molecule has 4 nitrogen and oxygen atoms in total. The van der Waals surface area contributed by atoms with Gasteiger partial charge in [0.25, 0.3) is 0 Å². The molecule has 0 fully saturated rings. The summed E-state index contributed by atoms with van der Waals surface area (Å²) in [5.41, 5.74) is 0.0966. The van der Waals surface area contributed by atoms with Crippen molar-refractivity contribution >= 4 is 29.9 Å². The second-order valence-electron chi connectivity index (χ2n) is 6.43. The molecule has 0 radical (unpaired) electrons. The summed E-state index contributed by atoms with van der Waals surface area (Å²) in [6, 6.07) is 4.23. The fourth-order valence-electron chi connectivity index (χ4n) is 2.84. The number of aliphatic imine (C=N–C) groups is 1. The summed E-state index contributed by atoms with van der Waals surface area (Å²) in [4.78, 5) is 6.87. The van der Waals surface area contributed by atoms with Gasteiger partial charge in [0.2, 0.25) is 0 Å². The first-order valence-corrected chi connectivity index (χ1v) is 9.71. The highest BCUT2D eigenvalue weighted by Gasteiger charge is 2.09. The first-order valence-electron chi connectivity index (χ1n) is 9.71. The van der Waals surface area contributed by atoms with Gasteiger partial charge in [0, 0.05) is 24.7 Å². The van der Waals surface area contributed by atoms with Crippen LogP contribution < -0.4 is 10.6 Å². The van der Waals surface area contributed by atoms with E-state index in [1.165, 1.54) is 18.2 Å². The lowest BCUT2D eigenvalue weighted by Gasteiger charge is -2.21. The van der Waals surface area contributed by atoms with Gasteiger partial charge < -0.3 is 15.5 Å². The van der Waals surface area contributed by atoms with Crippen molar-refractivity contribution in [2.75, 3.05) is 32.7 Å². The Morgan fingerprint density at radius 1 is 1.15 bits per heavy atom. The van der Waals surface area contributed by atoms with Crippen LogP contribution in [0.3, 0.4) is 0 Å². The summed E-state index contributed by atoms with van der Waals surface area (Å²) in [5, 5.41) is 6.57. The Morgan fingerprint density at radius 2 is 1.78 bits per heavy atom. The van der Waals surface area contributed by atoms with E-state index in [1.807, 2.05) is 6.92 Å². The fraction of sp³-hybridized carbons (Fsp3) is 0.650. The Kier molecular flexibility index (Phi) is 14.5. The molecule has 0 aliphatic rings. The van der Waals surface area contributed by atoms with Crippen LogP contribution in [0.1, 0.15) is 46.1 Å². The SMILES string of the molecule is CCNC(=NCCc1c(F)cccc1F)NC(C)CCCN(CC)CC.I. The smallest absolute Gasteiger partial charge is 0.191 e. The van der Waals surface area contributed by atoms with E-state index >= 15 is 0 Å². The average Bonchev–Trinajstić information content (AvgIpc) is 2.61. The maximum Gasteiger partial charge on any atom is 0.191 e. The molecule has 1 unspecified atom stereocenters. The van der Waals surface area contributed by atoms with Gasteiger partial charge in [-0.15, -0.1) is 24.0 Å². The second kappa shape index (κ2) is 15.0. The van der Waals surface area contributed by atoms with Crippen molar-refractivity contribution in [3.05, 3.63) is 35.4 Å². The second-order valence-corrected chi connectivity index (χ2v) is 6.43. The summed E-state index contributed by atoms with van der Waals surface area (Å²) in [7, 11) is 0. The standard InChI is InChI=1S/C20H34F2N4.HI/c1-5-23-20(25-16(4)10-9-15-26(6-2)7-3)24-14-13-17-18(21)11-8-12-19(17)22;/h8,11-12,16H,5-7,9-10,13-15H2,1-4H3,(H2,23,24,25);1H. The molecule has 0 aliphatic carbocycles. The lowest BCUT2D eigenvalue weighted by Crippen LogP contribution is -2.42. The molecule has 156 valence electrons. The maximum atomic E-state index is 13.7. The minimum atomic E-state index is -0.511. The van der Waals surface area contributed by atoms with E-state index in [4.69, 9.17) is 0 Å². The van der Waals surface area contributed by atoms with Crippen LogP contribution in [0.4, 0.5) is 8.78 Å². The lowest BCUT2D eigenvalue weighted by atomic mass is 10.1. The predicted molar refractivity (Wildman–Crippen MR) is 121 cm³/mol. The van der Waals surface area contributed by atoms with Gasteiger partial charge in [0.1, 0.15) is 11.6 Å². The van der Waals surface area contributed by atoms with Gasteiger partial charge in [-0.3, -0.25) is 4.99 Å². The molecule has 0 amide bonds. The van der Waals surface area contributed by atoms with E-state index < -0.39 is 11.6 Å². The van der Waals surface area contributed by atoms with Gasteiger partial charge in [0.15, 0.2) is 5.96 Å². The van der Waals surface area contributed by atoms with E-state index in [-0.39, 0.29) is 42.0 Å². The van der Waals surface area contributed by atoms with Crippen LogP contribution in [0.2, 0.25) is 0 Å². The Bertz CT molecular complexity index is 531. The van der Waals surface area contributed by atoms with Gasteiger partial charge in [-0.25, -0.2) is 8.78 Å². The maximum absolute atomic E-state index is 13.7. The molecule has 27 heavy (non-hydrogen) atoms. The van der Waals surface area contributed by atoms with Crippen molar-refractivity contribution in [3.63, 3.8) is 0 Å². The number of rotatable bonds is 11. The summed E-state index contributed by atoms with van der Waals surface area (Å²) in [5.74, 6) is -0.328. The van der Waals surface area contributed by atoms with Crippen molar-refractivity contribution in [1.82, 2.24) is 15.5 Å². The van der Waals surface area contributed by atoms with E-state index in [9.17, 15) is 8.78 Å². The Balaban J connectivity index is 0.00000676. The number of hydrogen-bond donors (Lipinski definition) is 2. The zero-order chi connectivity index (χ0) is 19.4. The fourth-order valence-corrected chi connectivity index (χ4v) is 2.84. The Hall–Kier alpha value is -0.960. The van der Waals surface area contributed by atoms with Crippen molar-refractivity contribution in [2.24, 2.45) is 4.99 Å². The van der Waals surface area contributed by atoms with Crippen LogP contribution in [0.5, 0.6) is 0 Å². The highest BCUT2D eigenvalue weighted by Crippen LogP contribution is 2.12. The number of nitrogens with one attached hydrogen (secondary N) is 2. The van der Waals surface area contributed by atoms with Crippen LogP contribution in [0.25, 0.3) is 0 Å². The molecule has 1 atom stereocenters. The van der Waals surface area contributed by atoms with Crippen LogP contribution in [-0.4, -0.2) is 49.6 Å². The third kappa shape index (κ3) is 10.2. The van der Waals surface area contributed by atoms with Crippen molar-refractivity contribution in [2.45, 2.75) is 53.0 Å². The van der Waals surface area contributed by atoms with Gasteiger partial charge in [-0.1, -0.05) is 19.9 Å². The summed E-state index contributed by atoms with van der Waals surface area (Å²) < 4.78 is 27.3. The summed E-state index contributed by atoms with van der Waals surface area (Å²) >= 11 is 0. The predicted octanol–water partition coefficient (Wildman–Crippen LogP) is 4.19. The number of nitrogens with zero attached hydrogens (tertiary/aromatic N) is 2. The summed E-state index contributed by atoms with van der Waals surface area (Å²) in [6.07, 6.45) is 2.41. The largest absolute Gasteiger partial charge is 0.357 e. The number of halogens is 3. The van der Waals surface area contributed by atoms with Crippen molar-refractivity contribution < 1.29 is 8.78 Å². The summed E-state index contributed by atoms with van der Waals surface area (Å²) in [6.45, 7) is 12.8. The van der Waals surface area contributed by atoms with Crippen LogP contribution in [0.15, 0.2) is 23.2 Å². The van der Waals surface area contributed by atoms with E-state index in [2.05, 4.69) is 41.3 Å². The molecule has 0 bridgehead atoms.